The number of rotatable bonds is 4. The normalized spacial score (nSPS) is 19.1. The van der Waals surface area contributed by atoms with Gasteiger partial charge in [0.1, 0.15) is 0 Å². The summed E-state index contributed by atoms with van der Waals surface area (Å²) in [4.78, 5) is 0. The molecular weight excluding hydrogens is 324 g/mol. The molecule has 6 nitrogen and oxygen atoms in total. The van der Waals surface area contributed by atoms with Gasteiger partial charge in [0.15, 0.2) is 0 Å². The predicted octanol–water partition coefficient (Wildman–Crippen LogP) is 2.35. The molecule has 0 bridgehead atoms. The van der Waals surface area contributed by atoms with Crippen molar-refractivity contribution in [3.63, 3.8) is 0 Å². The number of hydrogen-bond donors (Lipinski definition) is 1. The lowest BCUT2D eigenvalue weighted by atomic mass is 10.0. The summed E-state index contributed by atoms with van der Waals surface area (Å²) in [5, 5.41) is 12.1. The summed E-state index contributed by atoms with van der Waals surface area (Å²) in [6, 6.07) is 14.5. The van der Waals surface area contributed by atoms with Gasteiger partial charge in [-0.15, -0.1) is 5.10 Å². The fraction of sp³-hybridized carbons (Fsp3) is 0.294. The third-order valence-corrected chi connectivity index (χ3v) is 6.40. The van der Waals surface area contributed by atoms with E-state index in [4.69, 9.17) is 0 Å². The first kappa shape index (κ1) is 15.3. The van der Waals surface area contributed by atoms with E-state index < -0.39 is 10.0 Å². The summed E-state index contributed by atoms with van der Waals surface area (Å²) in [6.45, 7) is 0.535. The number of sulfonamides is 1. The molecule has 0 aliphatic carbocycles. The summed E-state index contributed by atoms with van der Waals surface area (Å²) in [7, 11) is -3.58. The Bertz CT molecular complexity index is 954. The van der Waals surface area contributed by atoms with Gasteiger partial charge in [-0.3, -0.25) is 0 Å². The Morgan fingerprint density at radius 2 is 2.00 bits per heavy atom. The van der Waals surface area contributed by atoms with Crippen molar-refractivity contribution in [2.24, 2.45) is 0 Å². The van der Waals surface area contributed by atoms with E-state index in [1.54, 1.807) is 4.31 Å². The topological polar surface area (TPSA) is 79.0 Å². The van der Waals surface area contributed by atoms with E-state index in [0.29, 0.717) is 13.0 Å². The van der Waals surface area contributed by atoms with Crippen LogP contribution in [0.4, 0.5) is 0 Å². The highest BCUT2D eigenvalue weighted by Gasteiger charge is 2.36. The third-order valence-electron chi connectivity index (χ3n) is 4.57. The van der Waals surface area contributed by atoms with Gasteiger partial charge in [-0.1, -0.05) is 42.5 Å². The van der Waals surface area contributed by atoms with Crippen LogP contribution in [0.25, 0.3) is 10.8 Å². The Labute approximate surface area is 140 Å². The first-order valence-corrected chi connectivity index (χ1v) is 9.44. The van der Waals surface area contributed by atoms with Crippen LogP contribution in [0.5, 0.6) is 0 Å². The monoisotopic (exact) mass is 342 g/mol. The fourth-order valence-electron chi connectivity index (χ4n) is 3.40. The number of aromatic amines is 1. The van der Waals surface area contributed by atoms with Crippen LogP contribution in [0, 0.1) is 0 Å². The molecule has 4 rings (SSSR count). The van der Waals surface area contributed by atoms with Crippen molar-refractivity contribution >= 4 is 20.8 Å². The first-order chi connectivity index (χ1) is 11.6. The van der Waals surface area contributed by atoms with Crippen molar-refractivity contribution in [3.05, 3.63) is 54.2 Å². The highest BCUT2D eigenvalue weighted by Crippen LogP contribution is 2.28. The summed E-state index contributed by atoms with van der Waals surface area (Å²) in [6.07, 6.45) is 3.71. The van der Waals surface area contributed by atoms with Gasteiger partial charge in [0.05, 0.1) is 6.20 Å². The minimum atomic E-state index is -3.58. The van der Waals surface area contributed by atoms with Crippen molar-refractivity contribution < 1.29 is 8.42 Å². The van der Waals surface area contributed by atoms with E-state index >= 15 is 0 Å². The second-order valence-electron chi connectivity index (χ2n) is 6.11. The second kappa shape index (κ2) is 5.99. The van der Waals surface area contributed by atoms with Gasteiger partial charge in [-0.2, -0.15) is 14.6 Å². The maximum atomic E-state index is 12.7. The summed E-state index contributed by atoms with van der Waals surface area (Å²) < 4.78 is 27.0. The van der Waals surface area contributed by atoms with E-state index in [-0.39, 0.29) is 11.1 Å². The van der Waals surface area contributed by atoms with E-state index in [2.05, 4.69) is 45.7 Å². The lowest BCUT2D eigenvalue weighted by Gasteiger charge is -2.23. The number of nitrogens with zero attached hydrogens (tertiary/aromatic N) is 3. The number of fused-ring (bicyclic) bond motifs is 1. The largest absolute Gasteiger partial charge is 0.264 e. The van der Waals surface area contributed by atoms with Gasteiger partial charge in [0.2, 0.25) is 5.03 Å². The predicted molar refractivity (Wildman–Crippen MR) is 90.9 cm³/mol. The number of hydrogen-bond acceptors (Lipinski definition) is 4. The van der Waals surface area contributed by atoms with Crippen molar-refractivity contribution in [2.75, 3.05) is 6.54 Å². The molecule has 0 amide bonds. The van der Waals surface area contributed by atoms with Gasteiger partial charge in [-0.25, -0.2) is 8.42 Å². The molecule has 0 saturated carbocycles. The zero-order valence-corrected chi connectivity index (χ0v) is 13.9. The molecule has 24 heavy (non-hydrogen) atoms. The molecule has 124 valence electrons. The van der Waals surface area contributed by atoms with Gasteiger partial charge < -0.3 is 0 Å². The van der Waals surface area contributed by atoms with Crippen LogP contribution < -0.4 is 0 Å². The number of benzene rings is 2. The SMILES string of the molecule is O=S(=O)(c1cn[nH]n1)N1CCCC1Cc1ccc2ccccc2c1. The Morgan fingerprint density at radius 1 is 1.17 bits per heavy atom. The zero-order valence-electron chi connectivity index (χ0n) is 13.1. The molecule has 1 N–H and O–H groups in total. The lowest BCUT2D eigenvalue weighted by molar-refractivity contribution is 0.384. The van der Waals surface area contributed by atoms with E-state index in [0.717, 1.165) is 18.4 Å². The molecule has 1 saturated heterocycles. The average Bonchev–Trinajstić information content (AvgIpc) is 3.27. The Balaban J connectivity index is 1.61. The fourth-order valence-corrected chi connectivity index (χ4v) is 4.93. The molecule has 0 radical (unpaired) electrons. The number of H-pyrrole nitrogens is 1. The van der Waals surface area contributed by atoms with Crippen molar-refractivity contribution in [1.82, 2.24) is 19.7 Å². The van der Waals surface area contributed by atoms with Crippen molar-refractivity contribution in [3.8, 4) is 0 Å². The van der Waals surface area contributed by atoms with Gasteiger partial charge in [0.25, 0.3) is 10.0 Å². The van der Waals surface area contributed by atoms with Crippen LogP contribution in [-0.4, -0.2) is 40.7 Å². The van der Waals surface area contributed by atoms with Gasteiger partial charge in [0, 0.05) is 12.6 Å². The third kappa shape index (κ3) is 2.70. The molecule has 1 aliphatic rings. The van der Waals surface area contributed by atoms with E-state index in [1.807, 2.05) is 12.1 Å². The Morgan fingerprint density at radius 3 is 2.79 bits per heavy atom. The molecule has 2 aromatic carbocycles. The maximum Gasteiger partial charge on any atom is 0.264 e. The Hall–Kier alpha value is -2.25. The van der Waals surface area contributed by atoms with Gasteiger partial charge in [-0.05, 0) is 35.6 Å². The molecule has 1 unspecified atom stereocenters. The maximum absolute atomic E-state index is 12.7. The number of aromatic nitrogens is 3. The van der Waals surface area contributed by atoms with Gasteiger partial charge >= 0.3 is 0 Å². The molecule has 1 aromatic heterocycles. The first-order valence-electron chi connectivity index (χ1n) is 8.00. The molecule has 0 spiro atoms. The lowest BCUT2D eigenvalue weighted by Crippen LogP contribution is -2.37. The number of nitrogens with one attached hydrogen (secondary N) is 1. The molecule has 1 atom stereocenters. The molecular formula is C17H18N4O2S. The smallest absolute Gasteiger partial charge is 0.205 e. The summed E-state index contributed by atoms with van der Waals surface area (Å²) in [5.41, 5.74) is 1.15. The highest BCUT2D eigenvalue weighted by molar-refractivity contribution is 7.89. The molecule has 1 aliphatic heterocycles. The minimum absolute atomic E-state index is 0.00656. The van der Waals surface area contributed by atoms with E-state index in [9.17, 15) is 8.42 Å². The van der Waals surface area contributed by atoms with Crippen LogP contribution in [0.3, 0.4) is 0 Å². The molecule has 7 heteroatoms. The standard InChI is InChI=1S/C17H18N4O2S/c22-24(23,17-12-18-20-19-17)21-9-3-6-16(21)11-13-7-8-14-4-1-2-5-15(14)10-13/h1-2,4-5,7-8,10,12,16H,3,6,9,11H2,(H,18,19,20). The quantitative estimate of drug-likeness (QED) is 0.789. The molecule has 1 fully saturated rings. The van der Waals surface area contributed by atoms with Crippen LogP contribution in [0.15, 0.2) is 53.7 Å². The van der Waals surface area contributed by atoms with Crippen LogP contribution >= 0.6 is 0 Å². The second-order valence-corrected chi connectivity index (χ2v) is 7.94. The Kier molecular flexibility index (Phi) is 3.82. The average molecular weight is 342 g/mol. The van der Waals surface area contributed by atoms with E-state index in [1.165, 1.54) is 17.0 Å². The highest BCUT2D eigenvalue weighted by atomic mass is 32.2. The summed E-state index contributed by atoms with van der Waals surface area (Å²) in [5.74, 6) is 0. The molecule has 2 heterocycles. The van der Waals surface area contributed by atoms with Crippen molar-refractivity contribution in [1.29, 1.82) is 0 Å². The zero-order chi connectivity index (χ0) is 16.6. The van der Waals surface area contributed by atoms with Crippen LogP contribution in [0.2, 0.25) is 0 Å². The summed E-state index contributed by atoms with van der Waals surface area (Å²) >= 11 is 0. The molecule has 3 aromatic rings. The van der Waals surface area contributed by atoms with Crippen molar-refractivity contribution in [2.45, 2.75) is 30.3 Å². The van der Waals surface area contributed by atoms with Crippen LogP contribution in [0.1, 0.15) is 18.4 Å². The van der Waals surface area contributed by atoms with Crippen LogP contribution in [-0.2, 0) is 16.4 Å². The minimum Gasteiger partial charge on any atom is -0.205 e.